The molecule has 24 heavy (non-hydrogen) atoms. The predicted molar refractivity (Wildman–Crippen MR) is 96.1 cm³/mol. The predicted octanol–water partition coefficient (Wildman–Crippen LogP) is 4.59. The van der Waals surface area contributed by atoms with Crippen molar-refractivity contribution < 1.29 is 17.9 Å². The van der Waals surface area contributed by atoms with E-state index >= 15 is 0 Å². The largest absolute Gasteiger partial charge is 0.494 e. The van der Waals surface area contributed by atoms with Gasteiger partial charge in [0, 0.05) is 11.1 Å². The average molecular weight is 390 g/mol. The molecule has 0 amide bonds. The molecule has 5 nitrogen and oxygen atoms in total. The Hall–Kier alpha value is -1.63. The van der Waals surface area contributed by atoms with E-state index in [0.717, 1.165) is 0 Å². The van der Waals surface area contributed by atoms with Gasteiger partial charge in [-0.05, 0) is 44.2 Å². The molecule has 0 unspecified atom stereocenters. The Morgan fingerprint density at radius 1 is 1.00 bits per heavy atom. The van der Waals surface area contributed by atoms with Gasteiger partial charge in [-0.1, -0.05) is 23.2 Å². The van der Waals surface area contributed by atoms with E-state index in [1.54, 1.807) is 18.2 Å². The first-order valence-corrected chi connectivity index (χ1v) is 9.48. The summed E-state index contributed by atoms with van der Waals surface area (Å²) in [7, 11) is -3.94. The van der Waals surface area contributed by atoms with Crippen LogP contribution in [0.2, 0.25) is 10.0 Å². The van der Waals surface area contributed by atoms with Crippen molar-refractivity contribution in [2.45, 2.75) is 18.7 Å². The Kier molecular flexibility index (Phi) is 6.21. The summed E-state index contributed by atoms with van der Waals surface area (Å²) in [4.78, 5) is -0.110. The third kappa shape index (κ3) is 4.47. The monoisotopic (exact) mass is 389 g/mol. The summed E-state index contributed by atoms with van der Waals surface area (Å²) < 4.78 is 38.6. The number of sulfonamides is 1. The van der Waals surface area contributed by atoms with Crippen LogP contribution in [0.25, 0.3) is 0 Å². The summed E-state index contributed by atoms with van der Waals surface area (Å²) >= 11 is 11.9. The zero-order valence-electron chi connectivity index (χ0n) is 13.2. The lowest BCUT2D eigenvalue weighted by Gasteiger charge is -2.15. The number of benzene rings is 2. The van der Waals surface area contributed by atoms with E-state index in [9.17, 15) is 8.42 Å². The van der Waals surface area contributed by atoms with E-state index < -0.39 is 10.0 Å². The maximum absolute atomic E-state index is 12.6. The van der Waals surface area contributed by atoms with Crippen molar-refractivity contribution in [2.75, 3.05) is 17.9 Å². The van der Waals surface area contributed by atoms with Gasteiger partial charge in [-0.2, -0.15) is 0 Å². The van der Waals surface area contributed by atoms with Crippen molar-refractivity contribution in [1.29, 1.82) is 0 Å². The zero-order valence-corrected chi connectivity index (χ0v) is 15.5. The van der Waals surface area contributed by atoms with Gasteiger partial charge in [-0.3, -0.25) is 4.72 Å². The standard InChI is InChI=1S/C16H17Cl2NO4S/c1-3-22-12-6-8-15(23-4-2)14(10-12)19-24(20,21)16-9-11(17)5-7-13(16)18/h5-10,19H,3-4H2,1-2H3. The number of nitrogens with one attached hydrogen (secondary N) is 1. The molecule has 2 aromatic carbocycles. The van der Waals surface area contributed by atoms with Crippen LogP contribution in [0.3, 0.4) is 0 Å². The Morgan fingerprint density at radius 3 is 2.38 bits per heavy atom. The van der Waals surface area contributed by atoms with Gasteiger partial charge in [0.2, 0.25) is 0 Å². The molecule has 0 atom stereocenters. The summed E-state index contributed by atoms with van der Waals surface area (Å²) in [6.07, 6.45) is 0. The smallest absolute Gasteiger partial charge is 0.263 e. The maximum atomic E-state index is 12.6. The van der Waals surface area contributed by atoms with Crippen molar-refractivity contribution >= 4 is 38.9 Å². The third-order valence-corrected chi connectivity index (χ3v) is 5.07. The highest BCUT2D eigenvalue weighted by Gasteiger charge is 2.21. The van der Waals surface area contributed by atoms with Gasteiger partial charge in [0.05, 0.1) is 23.9 Å². The minimum Gasteiger partial charge on any atom is -0.494 e. The van der Waals surface area contributed by atoms with Gasteiger partial charge in [0.1, 0.15) is 16.4 Å². The topological polar surface area (TPSA) is 64.6 Å². The molecule has 0 saturated heterocycles. The van der Waals surface area contributed by atoms with Gasteiger partial charge in [-0.15, -0.1) is 0 Å². The maximum Gasteiger partial charge on any atom is 0.263 e. The molecule has 8 heteroatoms. The summed E-state index contributed by atoms with van der Waals surface area (Å²) in [6, 6.07) is 9.15. The van der Waals surface area contributed by atoms with Crippen molar-refractivity contribution in [3.05, 3.63) is 46.4 Å². The molecule has 2 aromatic rings. The van der Waals surface area contributed by atoms with Crippen molar-refractivity contribution in [3.63, 3.8) is 0 Å². The van der Waals surface area contributed by atoms with Crippen LogP contribution in [0.4, 0.5) is 5.69 Å². The van der Waals surface area contributed by atoms with Crippen LogP contribution in [0.5, 0.6) is 11.5 Å². The normalized spacial score (nSPS) is 11.2. The molecule has 2 rings (SSSR count). The fourth-order valence-electron chi connectivity index (χ4n) is 2.01. The first kappa shape index (κ1) is 18.7. The van der Waals surface area contributed by atoms with Crippen LogP contribution in [0.15, 0.2) is 41.3 Å². The Balaban J connectivity index is 2.44. The molecule has 0 heterocycles. The van der Waals surface area contributed by atoms with E-state index in [-0.39, 0.29) is 20.6 Å². The van der Waals surface area contributed by atoms with Gasteiger partial charge in [-0.25, -0.2) is 8.42 Å². The van der Waals surface area contributed by atoms with Crippen LogP contribution in [0.1, 0.15) is 13.8 Å². The number of hydrogen-bond acceptors (Lipinski definition) is 4. The number of ether oxygens (including phenoxy) is 2. The Morgan fingerprint density at radius 2 is 1.71 bits per heavy atom. The van der Waals surface area contributed by atoms with Gasteiger partial charge in [0.15, 0.2) is 0 Å². The van der Waals surface area contributed by atoms with E-state index in [1.165, 1.54) is 18.2 Å². The first-order valence-electron chi connectivity index (χ1n) is 7.25. The molecule has 0 aliphatic rings. The molecule has 130 valence electrons. The van der Waals surface area contributed by atoms with Crippen molar-refractivity contribution in [1.82, 2.24) is 0 Å². The van der Waals surface area contributed by atoms with Crippen molar-refractivity contribution in [3.8, 4) is 11.5 Å². The molecular weight excluding hydrogens is 373 g/mol. The molecule has 0 aliphatic carbocycles. The second kappa shape index (κ2) is 7.96. The lowest BCUT2D eigenvalue weighted by molar-refractivity contribution is 0.332. The first-order chi connectivity index (χ1) is 11.4. The molecule has 0 aliphatic heterocycles. The second-order valence-electron chi connectivity index (χ2n) is 4.70. The number of rotatable bonds is 7. The average Bonchev–Trinajstić information content (AvgIpc) is 2.52. The van der Waals surface area contributed by atoms with E-state index in [2.05, 4.69) is 4.72 Å². The fourth-order valence-corrected chi connectivity index (χ4v) is 3.83. The highest BCUT2D eigenvalue weighted by molar-refractivity contribution is 7.92. The lowest BCUT2D eigenvalue weighted by Crippen LogP contribution is -2.14. The molecule has 0 spiro atoms. The molecule has 0 fully saturated rings. The minimum atomic E-state index is -3.94. The zero-order chi connectivity index (χ0) is 17.7. The van der Waals surface area contributed by atoms with E-state index in [1.807, 2.05) is 13.8 Å². The fraction of sp³-hybridized carbons (Fsp3) is 0.250. The quantitative estimate of drug-likeness (QED) is 0.751. The van der Waals surface area contributed by atoms with E-state index in [0.29, 0.717) is 24.7 Å². The molecular formula is C16H17Cl2NO4S. The number of halogens is 2. The molecule has 0 aromatic heterocycles. The summed E-state index contributed by atoms with van der Waals surface area (Å²) in [6.45, 7) is 4.50. The van der Waals surface area contributed by atoms with Crippen LogP contribution in [0, 0.1) is 0 Å². The Bertz CT molecular complexity index is 825. The molecule has 0 bridgehead atoms. The Labute approximate surface area is 151 Å². The van der Waals surface area contributed by atoms with Crippen LogP contribution in [-0.2, 0) is 10.0 Å². The van der Waals surface area contributed by atoms with Crippen LogP contribution >= 0.6 is 23.2 Å². The highest BCUT2D eigenvalue weighted by atomic mass is 35.5. The lowest BCUT2D eigenvalue weighted by atomic mass is 10.3. The van der Waals surface area contributed by atoms with Crippen molar-refractivity contribution in [2.24, 2.45) is 0 Å². The highest BCUT2D eigenvalue weighted by Crippen LogP contribution is 2.33. The molecule has 0 saturated carbocycles. The van der Waals surface area contributed by atoms with Crippen LogP contribution in [-0.4, -0.2) is 21.6 Å². The minimum absolute atomic E-state index is 0.0748. The van der Waals surface area contributed by atoms with Gasteiger partial charge >= 0.3 is 0 Å². The van der Waals surface area contributed by atoms with Gasteiger partial charge < -0.3 is 9.47 Å². The molecule has 0 radical (unpaired) electrons. The summed E-state index contributed by atoms with van der Waals surface area (Å²) in [5, 5.41) is 0.346. The second-order valence-corrected chi connectivity index (χ2v) is 7.20. The third-order valence-electron chi connectivity index (χ3n) is 2.99. The van der Waals surface area contributed by atoms with Crippen LogP contribution < -0.4 is 14.2 Å². The SMILES string of the molecule is CCOc1ccc(OCC)c(NS(=O)(=O)c2cc(Cl)ccc2Cl)c1. The van der Waals surface area contributed by atoms with Gasteiger partial charge in [0.25, 0.3) is 10.0 Å². The number of hydrogen-bond donors (Lipinski definition) is 1. The molecule has 1 N–H and O–H groups in total. The summed E-state index contributed by atoms with van der Waals surface area (Å²) in [5.74, 6) is 0.915. The van der Waals surface area contributed by atoms with E-state index in [4.69, 9.17) is 32.7 Å². The summed E-state index contributed by atoms with van der Waals surface area (Å²) in [5.41, 5.74) is 0.263. The number of anilines is 1.